The first kappa shape index (κ1) is 15.2. The van der Waals surface area contributed by atoms with E-state index in [-0.39, 0.29) is 22.6 Å². The average Bonchev–Trinajstić information content (AvgIpc) is 2.70. The number of pyridine rings is 1. The maximum Gasteiger partial charge on any atom is 0.262 e. The standard InChI is InChI=1S/C13H6BrFIN3O3/c14-6-1-4(15)2-7(10(6)16)19-8(20)3-5-9(11(19)17)13(22)18-12(5)21/h1-3H,17H2,(H,18,21,22). The highest BCUT2D eigenvalue weighted by Crippen LogP contribution is 2.29. The first-order valence-electron chi connectivity index (χ1n) is 5.87. The molecule has 1 aliphatic rings. The van der Waals surface area contributed by atoms with Crippen LogP contribution in [0.1, 0.15) is 20.7 Å². The Labute approximate surface area is 144 Å². The van der Waals surface area contributed by atoms with Crippen LogP contribution < -0.4 is 16.6 Å². The molecule has 1 aromatic heterocycles. The third-order valence-corrected chi connectivity index (χ3v) is 5.67. The minimum Gasteiger partial charge on any atom is -0.384 e. The Balaban J connectivity index is 2.40. The molecule has 0 saturated carbocycles. The van der Waals surface area contributed by atoms with Gasteiger partial charge in [0.25, 0.3) is 17.4 Å². The fraction of sp³-hybridized carbons (Fsp3) is 0. The number of amides is 2. The molecule has 3 rings (SSSR count). The van der Waals surface area contributed by atoms with Crippen LogP contribution >= 0.6 is 38.5 Å². The highest BCUT2D eigenvalue weighted by Gasteiger charge is 2.32. The van der Waals surface area contributed by atoms with Crippen LogP contribution in [0.4, 0.5) is 10.2 Å². The second kappa shape index (κ2) is 5.16. The highest BCUT2D eigenvalue weighted by molar-refractivity contribution is 14.1. The second-order valence-corrected chi connectivity index (χ2v) is 6.43. The second-order valence-electron chi connectivity index (χ2n) is 4.50. The molecule has 22 heavy (non-hydrogen) atoms. The number of nitrogens with one attached hydrogen (secondary N) is 1. The highest BCUT2D eigenvalue weighted by atomic mass is 127. The molecule has 2 aromatic rings. The molecule has 0 atom stereocenters. The zero-order valence-corrected chi connectivity index (χ0v) is 14.4. The van der Waals surface area contributed by atoms with E-state index in [2.05, 4.69) is 21.2 Å². The maximum atomic E-state index is 13.6. The summed E-state index contributed by atoms with van der Waals surface area (Å²) >= 11 is 5.11. The molecule has 2 amide bonds. The van der Waals surface area contributed by atoms with Crippen LogP contribution in [0.5, 0.6) is 0 Å². The Morgan fingerprint density at radius 2 is 1.86 bits per heavy atom. The molecular weight excluding hydrogens is 472 g/mol. The molecule has 112 valence electrons. The Hall–Kier alpha value is -1.75. The summed E-state index contributed by atoms with van der Waals surface area (Å²) in [7, 11) is 0. The van der Waals surface area contributed by atoms with Crippen molar-refractivity contribution in [2.75, 3.05) is 5.73 Å². The molecule has 0 aliphatic carbocycles. The third kappa shape index (κ3) is 2.15. The zero-order valence-electron chi connectivity index (χ0n) is 10.6. The van der Waals surface area contributed by atoms with Crippen molar-refractivity contribution in [2.24, 2.45) is 0 Å². The number of fused-ring (bicyclic) bond motifs is 1. The summed E-state index contributed by atoms with van der Waals surface area (Å²) in [4.78, 5) is 35.7. The van der Waals surface area contributed by atoms with Gasteiger partial charge in [-0.3, -0.25) is 24.3 Å². The molecule has 0 radical (unpaired) electrons. The van der Waals surface area contributed by atoms with E-state index in [9.17, 15) is 18.8 Å². The minimum absolute atomic E-state index is 0.0748. The number of hydrogen-bond acceptors (Lipinski definition) is 4. The molecule has 0 fully saturated rings. The number of halogens is 3. The molecule has 3 N–H and O–H groups in total. The predicted octanol–water partition coefficient (Wildman–Crippen LogP) is 1.81. The van der Waals surface area contributed by atoms with Crippen LogP contribution in [0.15, 0.2) is 27.5 Å². The molecule has 2 heterocycles. The number of rotatable bonds is 1. The summed E-state index contributed by atoms with van der Waals surface area (Å²) in [5.74, 6) is -2.14. The smallest absolute Gasteiger partial charge is 0.262 e. The lowest BCUT2D eigenvalue weighted by molar-refractivity contribution is 0.0880. The number of nitrogens with zero attached hydrogens (tertiary/aromatic N) is 1. The molecule has 6 nitrogen and oxygen atoms in total. The molecule has 9 heteroatoms. The number of benzene rings is 1. The van der Waals surface area contributed by atoms with Crippen LogP contribution in [0.2, 0.25) is 0 Å². The van der Waals surface area contributed by atoms with Gasteiger partial charge in [0.2, 0.25) is 0 Å². The summed E-state index contributed by atoms with van der Waals surface area (Å²) < 4.78 is 15.6. The van der Waals surface area contributed by atoms with Gasteiger partial charge in [-0.05, 0) is 50.7 Å². The number of hydrogen-bond donors (Lipinski definition) is 2. The van der Waals surface area contributed by atoms with Gasteiger partial charge in [-0.25, -0.2) is 4.39 Å². The molecule has 0 bridgehead atoms. The predicted molar refractivity (Wildman–Crippen MR) is 88.6 cm³/mol. The van der Waals surface area contributed by atoms with Gasteiger partial charge in [-0.1, -0.05) is 0 Å². The van der Waals surface area contributed by atoms with E-state index < -0.39 is 23.2 Å². The van der Waals surface area contributed by atoms with Crippen LogP contribution in [-0.4, -0.2) is 16.4 Å². The Bertz CT molecular complexity index is 926. The summed E-state index contributed by atoms with van der Waals surface area (Å²) in [5.41, 5.74) is 5.30. The summed E-state index contributed by atoms with van der Waals surface area (Å²) in [6.07, 6.45) is 0. The van der Waals surface area contributed by atoms with Crippen molar-refractivity contribution in [3.05, 3.63) is 53.5 Å². The largest absolute Gasteiger partial charge is 0.384 e. The number of aromatic nitrogens is 1. The van der Waals surface area contributed by atoms with Crippen molar-refractivity contribution in [1.82, 2.24) is 9.88 Å². The molecule has 1 aromatic carbocycles. The van der Waals surface area contributed by atoms with Crippen molar-refractivity contribution in [1.29, 1.82) is 0 Å². The van der Waals surface area contributed by atoms with Gasteiger partial charge in [-0.15, -0.1) is 0 Å². The van der Waals surface area contributed by atoms with E-state index in [1.54, 1.807) is 0 Å². The summed E-state index contributed by atoms with van der Waals surface area (Å²) in [5, 5.41) is 2.07. The number of carbonyl (C=O) groups excluding carboxylic acids is 2. The number of imide groups is 1. The Morgan fingerprint density at radius 3 is 2.55 bits per heavy atom. The monoisotopic (exact) mass is 477 g/mol. The van der Waals surface area contributed by atoms with E-state index in [1.807, 2.05) is 22.6 Å². The van der Waals surface area contributed by atoms with Crippen molar-refractivity contribution >= 4 is 56.2 Å². The summed E-state index contributed by atoms with van der Waals surface area (Å²) in [6.45, 7) is 0. The SMILES string of the molecule is Nc1c2c(cc(=O)n1-c1cc(F)cc(Br)c1I)C(=O)NC2=O. The van der Waals surface area contributed by atoms with Gasteiger partial charge in [-0.2, -0.15) is 0 Å². The van der Waals surface area contributed by atoms with Crippen LogP contribution in [0.3, 0.4) is 0 Å². The van der Waals surface area contributed by atoms with Gasteiger partial charge in [0.1, 0.15) is 11.6 Å². The maximum absolute atomic E-state index is 13.6. The van der Waals surface area contributed by atoms with Crippen molar-refractivity contribution in [2.45, 2.75) is 0 Å². The molecular formula is C13H6BrFIN3O3. The van der Waals surface area contributed by atoms with Crippen LogP contribution in [0, 0.1) is 9.39 Å². The van der Waals surface area contributed by atoms with Crippen molar-refractivity contribution in [3.8, 4) is 5.69 Å². The topological polar surface area (TPSA) is 94.2 Å². The quantitative estimate of drug-likeness (QED) is 0.372. The van der Waals surface area contributed by atoms with E-state index in [1.165, 1.54) is 6.07 Å². The lowest BCUT2D eigenvalue weighted by Crippen LogP contribution is -2.25. The number of anilines is 1. The lowest BCUT2D eigenvalue weighted by Gasteiger charge is -2.14. The normalized spacial score (nSPS) is 13.2. The third-order valence-electron chi connectivity index (χ3n) is 3.17. The number of nitrogen functional groups attached to an aromatic ring is 1. The number of carbonyl (C=O) groups is 2. The molecule has 0 spiro atoms. The fourth-order valence-corrected chi connectivity index (χ4v) is 3.21. The lowest BCUT2D eigenvalue weighted by atomic mass is 10.1. The van der Waals surface area contributed by atoms with E-state index >= 15 is 0 Å². The minimum atomic E-state index is -0.684. The van der Waals surface area contributed by atoms with Gasteiger partial charge in [0.15, 0.2) is 0 Å². The van der Waals surface area contributed by atoms with Crippen molar-refractivity contribution in [3.63, 3.8) is 0 Å². The number of nitrogens with two attached hydrogens (primary N) is 1. The molecule has 0 unspecified atom stereocenters. The zero-order chi connectivity index (χ0) is 16.2. The van der Waals surface area contributed by atoms with Gasteiger partial charge >= 0.3 is 0 Å². The fourth-order valence-electron chi connectivity index (χ4n) is 2.23. The van der Waals surface area contributed by atoms with Crippen molar-refractivity contribution < 1.29 is 14.0 Å². The molecule has 0 saturated heterocycles. The van der Waals surface area contributed by atoms with Crippen LogP contribution in [0.25, 0.3) is 5.69 Å². The Morgan fingerprint density at radius 1 is 1.18 bits per heavy atom. The first-order chi connectivity index (χ1) is 10.3. The Kier molecular flexibility index (Phi) is 3.56. The van der Waals surface area contributed by atoms with Gasteiger partial charge in [0.05, 0.1) is 20.4 Å². The van der Waals surface area contributed by atoms with Crippen LogP contribution in [-0.2, 0) is 0 Å². The van der Waals surface area contributed by atoms with E-state index in [0.29, 0.717) is 8.04 Å². The van der Waals surface area contributed by atoms with E-state index in [0.717, 1.165) is 16.7 Å². The average molecular weight is 478 g/mol. The van der Waals surface area contributed by atoms with E-state index in [4.69, 9.17) is 5.73 Å². The first-order valence-corrected chi connectivity index (χ1v) is 7.74. The van der Waals surface area contributed by atoms with Gasteiger partial charge < -0.3 is 5.73 Å². The summed E-state index contributed by atoms with van der Waals surface area (Å²) in [6, 6.07) is 3.39. The van der Waals surface area contributed by atoms with Gasteiger partial charge in [0, 0.05) is 10.5 Å². The molecule has 1 aliphatic heterocycles.